The molecule has 0 heterocycles. The molecule has 0 aromatic heterocycles. The number of phosphoric acid groups is 2. The number of unbranched alkanes of at least 4 members (excludes halogenated alkanes) is 56. The van der Waals surface area contributed by atoms with E-state index >= 15 is 0 Å². The molecule has 4 unspecified atom stereocenters. The lowest BCUT2D eigenvalue weighted by Gasteiger charge is -2.21. The Morgan fingerprint density at radius 2 is 0.421 bits per heavy atom. The highest BCUT2D eigenvalue weighted by Gasteiger charge is 2.31. The van der Waals surface area contributed by atoms with Crippen LogP contribution in [0.4, 0.5) is 0 Å². The topological polar surface area (TPSA) is 237 Å². The van der Waals surface area contributed by atoms with Crippen LogP contribution in [0.15, 0.2) is 0 Å². The molecular weight excluding hydrogens is 1470 g/mol. The minimum Gasteiger partial charge on any atom is -0.462 e. The minimum absolute atomic E-state index is 0.107. The third-order valence-electron chi connectivity index (χ3n) is 23.0. The fourth-order valence-corrected chi connectivity index (χ4v) is 16.4. The lowest BCUT2D eigenvalue weighted by atomic mass is 9.99. The van der Waals surface area contributed by atoms with E-state index in [1.54, 1.807) is 0 Å². The molecule has 0 saturated heterocycles. The highest BCUT2D eigenvalue weighted by molar-refractivity contribution is 7.47. The molecule has 17 nitrogen and oxygen atoms in total. The smallest absolute Gasteiger partial charge is 0.462 e. The Kier molecular flexibility index (Phi) is 81.9. The number of esters is 4. The standard InChI is InChI=1S/C95H186O17P2/c1-9-87(7)73-65-57-49-43-37-31-25-19-13-16-20-26-32-38-44-50-59-67-75-92(97)105-81-90(111-94(99)77-69-61-51-45-39-33-27-21-14-11-17-23-29-35-41-47-55-63-71-85(3)4)83-109-113(101,102)107-79-89(96)80-108-114(103,104)110-84-91(82-106-93(98)76-68-60-54-53-58-66-74-88(8)10-2)112-95(100)78-70-62-52-46-40-34-28-22-15-12-18-24-30-36-42-48-56-64-72-86(5)6/h85-91,96H,9-84H2,1-8H3,(H,101,102)(H,103,104)/t87?,88?,89-,90-,91-/m1/s1. The first-order valence-electron chi connectivity index (χ1n) is 48.8. The van der Waals surface area contributed by atoms with Gasteiger partial charge in [-0.25, -0.2) is 9.13 Å². The average Bonchev–Trinajstić information content (AvgIpc) is 0.898. The summed E-state index contributed by atoms with van der Waals surface area (Å²) in [7, 11) is -9.94. The van der Waals surface area contributed by atoms with Gasteiger partial charge in [-0.15, -0.1) is 0 Å². The number of phosphoric ester groups is 2. The second-order valence-corrected chi connectivity index (χ2v) is 38.5. The van der Waals surface area contributed by atoms with Crippen LogP contribution in [0.25, 0.3) is 0 Å². The lowest BCUT2D eigenvalue weighted by molar-refractivity contribution is -0.161. The van der Waals surface area contributed by atoms with Crippen molar-refractivity contribution in [2.24, 2.45) is 23.7 Å². The molecule has 3 N–H and O–H groups in total. The molecule has 0 amide bonds. The summed E-state index contributed by atoms with van der Waals surface area (Å²) in [6.07, 6.45) is 76.6. The summed E-state index contributed by atoms with van der Waals surface area (Å²) >= 11 is 0. The first kappa shape index (κ1) is 112. The van der Waals surface area contributed by atoms with Crippen LogP contribution in [0.5, 0.6) is 0 Å². The van der Waals surface area contributed by atoms with Gasteiger partial charge >= 0.3 is 39.5 Å². The van der Waals surface area contributed by atoms with Gasteiger partial charge in [-0.3, -0.25) is 37.3 Å². The molecule has 0 saturated carbocycles. The van der Waals surface area contributed by atoms with Crippen LogP contribution in [0.3, 0.4) is 0 Å². The molecule has 0 fully saturated rings. The van der Waals surface area contributed by atoms with Gasteiger partial charge in [0.05, 0.1) is 26.4 Å². The maximum Gasteiger partial charge on any atom is 0.472 e. The molecule has 678 valence electrons. The maximum atomic E-state index is 13.2. The molecule has 0 bridgehead atoms. The van der Waals surface area contributed by atoms with E-state index in [1.807, 2.05) is 0 Å². The van der Waals surface area contributed by atoms with Crippen molar-refractivity contribution in [3.63, 3.8) is 0 Å². The monoisotopic (exact) mass is 1660 g/mol. The van der Waals surface area contributed by atoms with Crippen molar-refractivity contribution < 1.29 is 80.2 Å². The number of hydrogen-bond donors (Lipinski definition) is 3. The van der Waals surface area contributed by atoms with Crippen molar-refractivity contribution in [3.05, 3.63) is 0 Å². The van der Waals surface area contributed by atoms with Crippen LogP contribution in [-0.2, 0) is 65.4 Å². The van der Waals surface area contributed by atoms with Gasteiger partial charge in [0.2, 0.25) is 0 Å². The number of carbonyl (C=O) groups is 4. The number of rotatable bonds is 92. The Hall–Kier alpha value is -1.94. The van der Waals surface area contributed by atoms with E-state index in [4.69, 9.17) is 37.0 Å². The van der Waals surface area contributed by atoms with E-state index in [0.29, 0.717) is 25.7 Å². The zero-order chi connectivity index (χ0) is 83.7. The van der Waals surface area contributed by atoms with E-state index in [9.17, 15) is 43.2 Å². The fourth-order valence-electron chi connectivity index (χ4n) is 14.8. The molecule has 0 aromatic rings. The van der Waals surface area contributed by atoms with Gasteiger partial charge in [0.1, 0.15) is 19.3 Å². The molecule has 0 aliphatic heterocycles. The minimum atomic E-state index is -4.97. The third-order valence-corrected chi connectivity index (χ3v) is 24.9. The van der Waals surface area contributed by atoms with E-state index in [2.05, 4.69) is 55.4 Å². The number of carbonyl (C=O) groups excluding carboxylic acids is 4. The van der Waals surface area contributed by atoms with Crippen LogP contribution < -0.4 is 0 Å². The Labute approximate surface area is 702 Å². The normalized spacial score (nSPS) is 14.3. The Bertz CT molecular complexity index is 2200. The second-order valence-electron chi connectivity index (χ2n) is 35.5. The van der Waals surface area contributed by atoms with Crippen LogP contribution >= 0.6 is 15.6 Å². The number of hydrogen-bond acceptors (Lipinski definition) is 15. The van der Waals surface area contributed by atoms with Crippen LogP contribution in [0.1, 0.15) is 505 Å². The molecule has 0 radical (unpaired) electrons. The summed E-state index contributed by atoms with van der Waals surface area (Å²) in [4.78, 5) is 73.5. The average molecular weight is 1660 g/mol. The summed E-state index contributed by atoms with van der Waals surface area (Å²) < 4.78 is 69.1. The van der Waals surface area contributed by atoms with E-state index in [0.717, 1.165) is 120 Å². The molecule has 19 heteroatoms. The molecule has 0 aliphatic carbocycles. The maximum absolute atomic E-state index is 13.2. The van der Waals surface area contributed by atoms with Gasteiger partial charge < -0.3 is 33.8 Å². The van der Waals surface area contributed by atoms with Gasteiger partial charge in [0, 0.05) is 25.7 Å². The predicted octanol–water partition coefficient (Wildman–Crippen LogP) is 29.5. The molecule has 114 heavy (non-hydrogen) atoms. The summed E-state index contributed by atoms with van der Waals surface area (Å²) in [5.74, 6) is 1.15. The van der Waals surface area contributed by atoms with Gasteiger partial charge in [0.25, 0.3) is 0 Å². The Morgan fingerprint density at radius 1 is 0.246 bits per heavy atom. The number of ether oxygens (including phenoxy) is 4. The fraction of sp³-hybridized carbons (Fsp3) is 0.958. The summed E-state index contributed by atoms with van der Waals surface area (Å²) in [5, 5.41) is 10.7. The Balaban J connectivity index is 5.21. The van der Waals surface area contributed by atoms with Crippen LogP contribution in [0, 0.1) is 23.7 Å². The van der Waals surface area contributed by atoms with Crippen molar-refractivity contribution in [2.75, 3.05) is 39.6 Å². The van der Waals surface area contributed by atoms with Crippen LogP contribution in [-0.4, -0.2) is 96.7 Å². The number of aliphatic hydroxyl groups is 1. The SMILES string of the molecule is CCC(C)CCCCCCCCCCCCCCCCCCCCC(=O)OC[C@H](COP(=O)(O)OC[C@@H](O)COP(=O)(O)OC[C@@H](COC(=O)CCCCCCCCC(C)CC)OC(=O)CCCCCCCCCCCCCCCCCCCCC(C)C)OC(=O)CCCCCCCCCCCCCCCCCCCCC(C)C. The summed E-state index contributed by atoms with van der Waals surface area (Å²) in [6.45, 7) is 14.4. The third kappa shape index (κ3) is 85.1. The molecule has 0 aromatic carbocycles. The number of aliphatic hydroxyl groups excluding tert-OH is 1. The van der Waals surface area contributed by atoms with Crippen LogP contribution in [0.2, 0.25) is 0 Å². The first-order chi connectivity index (χ1) is 55.2. The van der Waals surface area contributed by atoms with Crippen molar-refractivity contribution in [2.45, 2.75) is 523 Å². The van der Waals surface area contributed by atoms with E-state index in [-0.39, 0.29) is 25.7 Å². The zero-order valence-corrected chi connectivity index (χ0v) is 77.5. The largest absolute Gasteiger partial charge is 0.472 e. The van der Waals surface area contributed by atoms with E-state index < -0.39 is 97.5 Å². The van der Waals surface area contributed by atoms with Crippen molar-refractivity contribution in [1.82, 2.24) is 0 Å². The highest BCUT2D eigenvalue weighted by Crippen LogP contribution is 2.45. The summed E-state index contributed by atoms with van der Waals surface area (Å²) in [6, 6.07) is 0. The molecule has 7 atom stereocenters. The quantitative estimate of drug-likeness (QED) is 0.0222. The van der Waals surface area contributed by atoms with E-state index in [1.165, 1.54) is 302 Å². The summed E-state index contributed by atoms with van der Waals surface area (Å²) in [5.41, 5.74) is 0. The lowest BCUT2D eigenvalue weighted by Crippen LogP contribution is -2.30. The van der Waals surface area contributed by atoms with Gasteiger partial charge in [-0.1, -0.05) is 453 Å². The van der Waals surface area contributed by atoms with Gasteiger partial charge in [-0.05, 0) is 49.4 Å². The van der Waals surface area contributed by atoms with Crippen molar-refractivity contribution >= 4 is 39.5 Å². The van der Waals surface area contributed by atoms with Gasteiger partial charge in [0.15, 0.2) is 12.2 Å². The molecular formula is C95H186O17P2. The van der Waals surface area contributed by atoms with Gasteiger partial charge in [-0.2, -0.15) is 0 Å². The molecule has 0 rings (SSSR count). The highest BCUT2D eigenvalue weighted by atomic mass is 31.2. The van der Waals surface area contributed by atoms with Crippen molar-refractivity contribution in [3.8, 4) is 0 Å². The molecule has 0 spiro atoms. The first-order valence-corrected chi connectivity index (χ1v) is 51.8. The predicted molar refractivity (Wildman–Crippen MR) is 474 cm³/mol. The Morgan fingerprint density at radius 3 is 0.623 bits per heavy atom. The second kappa shape index (κ2) is 83.3. The molecule has 0 aliphatic rings. The van der Waals surface area contributed by atoms with Crippen molar-refractivity contribution in [1.29, 1.82) is 0 Å². The zero-order valence-electron chi connectivity index (χ0n) is 75.7.